The van der Waals surface area contributed by atoms with Gasteiger partial charge < -0.3 is 9.84 Å². The number of carbonyl (C=O) groups is 1. The van der Waals surface area contributed by atoms with Crippen molar-refractivity contribution in [3.8, 4) is 0 Å². The van der Waals surface area contributed by atoms with Crippen molar-refractivity contribution in [2.45, 2.75) is 58.7 Å². The molecule has 0 aromatic heterocycles. The molecule has 0 aromatic rings. The SMILES string of the molecule is CCC(O)(CC)C(=O)OC(C)(C)C. The van der Waals surface area contributed by atoms with E-state index in [0.29, 0.717) is 12.8 Å². The van der Waals surface area contributed by atoms with Crippen LogP contribution in [0.25, 0.3) is 0 Å². The molecule has 3 nitrogen and oxygen atoms in total. The number of esters is 1. The van der Waals surface area contributed by atoms with Crippen LogP contribution in [0.3, 0.4) is 0 Å². The predicted octanol–water partition coefficient (Wildman–Crippen LogP) is 1.88. The first-order valence-electron chi connectivity index (χ1n) is 4.71. The third kappa shape index (κ3) is 3.77. The number of hydrogen-bond acceptors (Lipinski definition) is 3. The zero-order valence-corrected chi connectivity index (χ0v) is 9.18. The summed E-state index contributed by atoms with van der Waals surface area (Å²) in [5.41, 5.74) is -1.84. The third-order valence-electron chi connectivity index (χ3n) is 1.95. The Bertz CT molecular complexity index is 175. The van der Waals surface area contributed by atoms with Gasteiger partial charge in [0.25, 0.3) is 0 Å². The van der Waals surface area contributed by atoms with Gasteiger partial charge in [0.2, 0.25) is 0 Å². The van der Waals surface area contributed by atoms with Crippen molar-refractivity contribution in [1.82, 2.24) is 0 Å². The molecule has 0 aromatic carbocycles. The molecule has 13 heavy (non-hydrogen) atoms. The molecule has 0 rings (SSSR count). The Hall–Kier alpha value is -0.570. The molecule has 3 heteroatoms. The normalized spacial score (nSPS) is 12.8. The molecule has 78 valence electrons. The lowest BCUT2D eigenvalue weighted by atomic mass is 9.97. The highest BCUT2D eigenvalue weighted by molar-refractivity contribution is 5.79. The van der Waals surface area contributed by atoms with Crippen LogP contribution < -0.4 is 0 Å². The lowest BCUT2D eigenvalue weighted by Crippen LogP contribution is -2.42. The Balaban J connectivity index is 4.41. The van der Waals surface area contributed by atoms with Crippen LogP contribution in [0.1, 0.15) is 47.5 Å². The number of ether oxygens (including phenoxy) is 1. The van der Waals surface area contributed by atoms with E-state index in [1.165, 1.54) is 0 Å². The van der Waals surface area contributed by atoms with Crippen LogP contribution >= 0.6 is 0 Å². The summed E-state index contributed by atoms with van der Waals surface area (Å²) in [6.07, 6.45) is 0.775. The molecule has 0 spiro atoms. The molecule has 0 aliphatic carbocycles. The molecule has 0 heterocycles. The van der Waals surface area contributed by atoms with E-state index in [2.05, 4.69) is 0 Å². The molecule has 0 saturated heterocycles. The summed E-state index contributed by atoms with van der Waals surface area (Å²) < 4.78 is 5.10. The Labute approximate surface area is 80.1 Å². The molecule has 0 radical (unpaired) electrons. The molecule has 0 atom stereocenters. The van der Waals surface area contributed by atoms with Gasteiger partial charge in [-0.25, -0.2) is 4.79 Å². The summed E-state index contributed by atoms with van der Waals surface area (Å²) in [6, 6.07) is 0. The van der Waals surface area contributed by atoms with Crippen LogP contribution in [0, 0.1) is 0 Å². The fourth-order valence-corrected chi connectivity index (χ4v) is 0.912. The minimum Gasteiger partial charge on any atom is -0.458 e. The lowest BCUT2D eigenvalue weighted by Gasteiger charge is -2.28. The van der Waals surface area contributed by atoms with E-state index in [-0.39, 0.29) is 0 Å². The average Bonchev–Trinajstić information content (AvgIpc) is 2.00. The Morgan fingerprint density at radius 2 is 1.62 bits per heavy atom. The van der Waals surface area contributed by atoms with E-state index in [1.54, 1.807) is 34.6 Å². The molecular weight excluding hydrogens is 168 g/mol. The van der Waals surface area contributed by atoms with Crippen molar-refractivity contribution >= 4 is 5.97 Å². The lowest BCUT2D eigenvalue weighted by molar-refractivity contribution is -0.177. The smallest absolute Gasteiger partial charge is 0.338 e. The first-order chi connectivity index (χ1) is 5.75. The first kappa shape index (κ1) is 12.4. The highest BCUT2D eigenvalue weighted by Gasteiger charge is 2.35. The number of carbonyl (C=O) groups excluding carboxylic acids is 1. The van der Waals surface area contributed by atoms with Gasteiger partial charge in [-0.1, -0.05) is 13.8 Å². The molecule has 0 bridgehead atoms. The van der Waals surface area contributed by atoms with Crippen LogP contribution in [0.2, 0.25) is 0 Å². The van der Waals surface area contributed by atoms with Crippen molar-refractivity contribution in [3.63, 3.8) is 0 Å². The maximum atomic E-state index is 11.5. The van der Waals surface area contributed by atoms with Gasteiger partial charge in [-0.2, -0.15) is 0 Å². The van der Waals surface area contributed by atoms with Gasteiger partial charge in [-0.15, -0.1) is 0 Å². The van der Waals surface area contributed by atoms with Gasteiger partial charge in [0, 0.05) is 0 Å². The number of hydrogen-bond donors (Lipinski definition) is 1. The first-order valence-corrected chi connectivity index (χ1v) is 4.71. The third-order valence-corrected chi connectivity index (χ3v) is 1.95. The van der Waals surface area contributed by atoms with E-state index in [9.17, 15) is 9.90 Å². The van der Waals surface area contributed by atoms with Crippen LogP contribution in [0.5, 0.6) is 0 Å². The minimum atomic E-state index is -1.31. The van der Waals surface area contributed by atoms with Crippen molar-refractivity contribution in [2.75, 3.05) is 0 Å². The van der Waals surface area contributed by atoms with Gasteiger partial charge in [-0.05, 0) is 33.6 Å². The molecule has 0 unspecified atom stereocenters. The largest absolute Gasteiger partial charge is 0.458 e. The van der Waals surface area contributed by atoms with Crippen LogP contribution in [-0.4, -0.2) is 22.3 Å². The standard InChI is InChI=1S/C10H20O3/c1-6-10(12,7-2)8(11)13-9(3,4)5/h12H,6-7H2,1-5H3. The second-order valence-corrected chi connectivity index (χ2v) is 4.24. The van der Waals surface area contributed by atoms with Crippen molar-refractivity contribution < 1.29 is 14.6 Å². The van der Waals surface area contributed by atoms with E-state index in [1.807, 2.05) is 0 Å². The minimum absolute atomic E-state index is 0.387. The maximum Gasteiger partial charge on any atom is 0.338 e. The topological polar surface area (TPSA) is 46.5 Å². The van der Waals surface area contributed by atoms with Crippen molar-refractivity contribution in [1.29, 1.82) is 0 Å². The quantitative estimate of drug-likeness (QED) is 0.688. The number of aliphatic hydroxyl groups is 1. The van der Waals surface area contributed by atoms with Crippen molar-refractivity contribution in [2.24, 2.45) is 0 Å². The Morgan fingerprint density at radius 1 is 1.23 bits per heavy atom. The van der Waals surface area contributed by atoms with Crippen LogP contribution in [0.4, 0.5) is 0 Å². The van der Waals surface area contributed by atoms with Gasteiger partial charge in [0.05, 0.1) is 0 Å². The zero-order valence-electron chi connectivity index (χ0n) is 9.18. The monoisotopic (exact) mass is 188 g/mol. The highest BCUT2D eigenvalue weighted by Crippen LogP contribution is 2.20. The summed E-state index contributed by atoms with van der Waals surface area (Å²) in [5, 5.41) is 9.79. The number of rotatable bonds is 3. The van der Waals surface area contributed by atoms with E-state index in [4.69, 9.17) is 4.74 Å². The summed E-state index contributed by atoms with van der Waals surface area (Å²) in [7, 11) is 0. The molecule has 0 saturated carbocycles. The molecular formula is C10H20O3. The van der Waals surface area contributed by atoms with E-state index in [0.717, 1.165) is 0 Å². The van der Waals surface area contributed by atoms with Gasteiger partial charge in [0.15, 0.2) is 5.60 Å². The Kier molecular flexibility index (Phi) is 3.91. The molecule has 0 aliphatic rings. The summed E-state index contributed by atoms with van der Waals surface area (Å²) in [5.74, 6) is -0.523. The van der Waals surface area contributed by atoms with E-state index < -0.39 is 17.2 Å². The van der Waals surface area contributed by atoms with Gasteiger partial charge in [-0.3, -0.25) is 0 Å². The molecule has 0 aliphatic heterocycles. The second kappa shape index (κ2) is 4.09. The maximum absolute atomic E-state index is 11.5. The zero-order chi connectivity index (χ0) is 10.7. The Morgan fingerprint density at radius 3 is 1.85 bits per heavy atom. The average molecular weight is 188 g/mol. The van der Waals surface area contributed by atoms with E-state index >= 15 is 0 Å². The summed E-state index contributed by atoms with van der Waals surface area (Å²) in [6.45, 7) is 8.91. The van der Waals surface area contributed by atoms with Crippen LogP contribution in [-0.2, 0) is 9.53 Å². The van der Waals surface area contributed by atoms with Gasteiger partial charge >= 0.3 is 5.97 Å². The molecule has 0 fully saturated rings. The molecule has 0 amide bonds. The fourth-order valence-electron chi connectivity index (χ4n) is 0.912. The highest BCUT2D eigenvalue weighted by atomic mass is 16.6. The summed E-state index contributed by atoms with van der Waals surface area (Å²) >= 11 is 0. The second-order valence-electron chi connectivity index (χ2n) is 4.24. The predicted molar refractivity (Wildman–Crippen MR) is 51.4 cm³/mol. The van der Waals surface area contributed by atoms with Crippen LogP contribution in [0.15, 0.2) is 0 Å². The van der Waals surface area contributed by atoms with Crippen molar-refractivity contribution in [3.05, 3.63) is 0 Å². The summed E-state index contributed by atoms with van der Waals surface area (Å²) in [4.78, 5) is 11.5. The van der Waals surface area contributed by atoms with Gasteiger partial charge in [0.1, 0.15) is 5.60 Å². The molecule has 1 N–H and O–H groups in total. The fraction of sp³-hybridized carbons (Fsp3) is 0.900.